The van der Waals surface area contributed by atoms with Gasteiger partial charge >= 0.3 is 6.09 Å². The number of aliphatic hydroxyl groups is 1. The van der Waals surface area contributed by atoms with E-state index in [0.29, 0.717) is 25.0 Å². The van der Waals surface area contributed by atoms with Crippen molar-refractivity contribution in [3.8, 4) is 0 Å². The van der Waals surface area contributed by atoms with E-state index in [9.17, 15) is 4.79 Å². The molecule has 1 amide bonds. The highest BCUT2D eigenvalue weighted by Gasteiger charge is 2.40. The predicted octanol–water partition coefficient (Wildman–Crippen LogP) is 3.29. The Morgan fingerprint density at radius 1 is 1.45 bits per heavy atom. The van der Waals surface area contributed by atoms with Crippen LogP contribution >= 0.6 is 0 Å². The van der Waals surface area contributed by atoms with Crippen molar-refractivity contribution >= 4 is 6.09 Å². The van der Waals surface area contributed by atoms with E-state index in [0.717, 1.165) is 25.3 Å². The molecule has 20 heavy (non-hydrogen) atoms. The first-order chi connectivity index (χ1) is 9.28. The summed E-state index contributed by atoms with van der Waals surface area (Å²) in [5.41, 5.74) is -0.432. The van der Waals surface area contributed by atoms with Crippen LogP contribution < -0.4 is 0 Å². The van der Waals surface area contributed by atoms with Crippen LogP contribution in [0.5, 0.6) is 0 Å². The lowest BCUT2D eigenvalue weighted by Gasteiger charge is -2.27. The van der Waals surface area contributed by atoms with Crippen LogP contribution in [0.4, 0.5) is 4.79 Å². The summed E-state index contributed by atoms with van der Waals surface area (Å²) in [4.78, 5) is 13.8. The zero-order valence-electron chi connectivity index (χ0n) is 13.7. The van der Waals surface area contributed by atoms with Crippen LogP contribution in [0.15, 0.2) is 0 Å². The maximum absolute atomic E-state index is 12.0. The second-order valence-corrected chi connectivity index (χ2v) is 7.00. The SMILES string of the molecule is CCN(CCC(C)C1CC1CCO)C(=O)OC(C)(C)C. The molecule has 1 rings (SSSR count). The zero-order valence-corrected chi connectivity index (χ0v) is 13.7. The van der Waals surface area contributed by atoms with Crippen molar-refractivity contribution in [2.75, 3.05) is 19.7 Å². The molecule has 0 saturated heterocycles. The summed E-state index contributed by atoms with van der Waals surface area (Å²) in [6, 6.07) is 0. The molecule has 1 aliphatic carbocycles. The van der Waals surface area contributed by atoms with Crippen LogP contribution in [0, 0.1) is 17.8 Å². The summed E-state index contributed by atoms with van der Waals surface area (Å²) >= 11 is 0. The van der Waals surface area contributed by atoms with Crippen molar-refractivity contribution < 1.29 is 14.6 Å². The fourth-order valence-electron chi connectivity index (χ4n) is 2.74. The summed E-state index contributed by atoms with van der Waals surface area (Å²) < 4.78 is 5.41. The second-order valence-electron chi connectivity index (χ2n) is 7.00. The highest BCUT2D eigenvalue weighted by molar-refractivity contribution is 5.68. The van der Waals surface area contributed by atoms with Crippen molar-refractivity contribution in [1.29, 1.82) is 0 Å². The van der Waals surface area contributed by atoms with E-state index in [4.69, 9.17) is 9.84 Å². The van der Waals surface area contributed by atoms with Crippen LogP contribution in [0.1, 0.15) is 53.9 Å². The maximum atomic E-state index is 12.0. The third-order valence-electron chi connectivity index (χ3n) is 4.10. The lowest BCUT2D eigenvalue weighted by atomic mass is 9.99. The first-order valence-electron chi connectivity index (χ1n) is 7.87. The topological polar surface area (TPSA) is 49.8 Å². The van der Waals surface area contributed by atoms with Crippen molar-refractivity contribution in [2.24, 2.45) is 17.8 Å². The van der Waals surface area contributed by atoms with E-state index >= 15 is 0 Å². The van der Waals surface area contributed by atoms with Gasteiger partial charge in [-0.15, -0.1) is 0 Å². The Kier molecular flexibility index (Phi) is 6.31. The van der Waals surface area contributed by atoms with Crippen molar-refractivity contribution in [3.63, 3.8) is 0 Å². The first kappa shape index (κ1) is 17.3. The van der Waals surface area contributed by atoms with Crippen molar-refractivity contribution in [3.05, 3.63) is 0 Å². The summed E-state index contributed by atoms with van der Waals surface area (Å²) in [5.74, 6) is 2.05. The molecule has 0 heterocycles. The van der Waals surface area contributed by atoms with Gasteiger partial charge in [-0.05, 0) is 64.7 Å². The van der Waals surface area contributed by atoms with E-state index in [1.165, 1.54) is 6.42 Å². The van der Waals surface area contributed by atoms with Gasteiger partial charge in [-0.25, -0.2) is 4.79 Å². The third kappa shape index (κ3) is 5.70. The number of hydrogen-bond acceptors (Lipinski definition) is 3. The van der Waals surface area contributed by atoms with Crippen LogP contribution in [-0.2, 0) is 4.74 Å². The van der Waals surface area contributed by atoms with E-state index in [2.05, 4.69) is 6.92 Å². The van der Waals surface area contributed by atoms with E-state index < -0.39 is 5.60 Å². The quantitative estimate of drug-likeness (QED) is 0.781. The van der Waals surface area contributed by atoms with Gasteiger partial charge in [0.2, 0.25) is 0 Å². The van der Waals surface area contributed by atoms with Gasteiger partial charge in [0, 0.05) is 19.7 Å². The molecule has 0 aromatic rings. The standard InChI is InChI=1S/C16H31NO3/c1-6-17(15(19)20-16(3,4)5)9-7-12(2)14-11-13(14)8-10-18/h12-14,18H,6-11H2,1-5H3. The van der Waals surface area contributed by atoms with Gasteiger partial charge in [-0.2, -0.15) is 0 Å². The monoisotopic (exact) mass is 285 g/mol. The summed E-state index contributed by atoms with van der Waals surface area (Å²) in [6.07, 6.45) is 2.97. The number of nitrogens with zero attached hydrogens (tertiary/aromatic N) is 1. The lowest BCUT2D eigenvalue weighted by molar-refractivity contribution is 0.0250. The number of hydrogen-bond donors (Lipinski definition) is 1. The average molecular weight is 285 g/mol. The number of ether oxygens (including phenoxy) is 1. The largest absolute Gasteiger partial charge is 0.444 e. The molecule has 3 unspecified atom stereocenters. The molecule has 1 fully saturated rings. The number of carbonyl (C=O) groups is 1. The third-order valence-corrected chi connectivity index (χ3v) is 4.10. The minimum absolute atomic E-state index is 0.213. The number of carbonyl (C=O) groups excluding carboxylic acids is 1. The van der Waals surface area contributed by atoms with Crippen LogP contribution in [0.2, 0.25) is 0 Å². The van der Waals surface area contributed by atoms with Crippen molar-refractivity contribution in [2.45, 2.75) is 59.5 Å². The summed E-state index contributed by atoms with van der Waals surface area (Å²) in [7, 11) is 0. The fraction of sp³-hybridized carbons (Fsp3) is 0.938. The molecular weight excluding hydrogens is 254 g/mol. The van der Waals surface area contributed by atoms with Gasteiger partial charge in [0.15, 0.2) is 0 Å². The molecule has 3 atom stereocenters. The Labute approximate surface area is 123 Å². The molecule has 4 heteroatoms. The van der Waals surface area contributed by atoms with Crippen LogP contribution in [0.3, 0.4) is 0 Å². The minimum atomic E-state index is -0.432. The molecule has 0 radical (unpaired) electrons. The molecule has 1 N–H and O–H groups in total. The Balaban J connectivity index is 2.32. The number of aliphatic hydroxyl groups excluding tert-OH is 1. The highest BCUT2D eigenvalue weighted by Crippen LogP contribution is 2.47. The van der Waals surface area contributed by atoms with Gasteiger partial charge in [0.1, 0.15) is 5.60 Å². The molecule has 1 saturated carbocycles. The Morgan fingerprint density at radius 2 is 2.10 bits per heavy atom. The molecule has 4 nitrogen and oxygen atoms in total. The molecule has 0 bridgehead atoms. The number of rotatable bonds is 7. The maximum Gasteiger partial charge on any atom is 0.410 e. The highest BCUT2D eigenvalue weighted by atomic mass is 16.6. The Morgan fingerprint density at radius 3 is 2.60 bits per heavy atom. The normalized spacial score (nSPS) is 23.3. The average Bonchev–Trinajstić information content (AvgIpc) is 3.07. The molecule has 0 aromatic carbocycles. The summed E-state index contributed by atoms with van der Waals surface area (Å²) in [5, 5.41) is 8.94. The van der Waals surface area contributed by atoms with Crippen LogP contribution in [-0.4, -0.2) is 41.4 Å². The van der Waals surface area contributed by atoms with Gasteiger partial charge < -0.3 is 14.7 Å². The fourth-order valence-corrected chi connectivity index (χ4v) is 2.74. The lowest BCUT2D eigenvalue weighted by Crippen LogP contribution is -2.37. The zero-order chi connectivity index (χ0) is 15.3. The van der Waals surface area contributed by atoms with Gasteiger partial charge in [-0.1, -0.05) is 6.92 Å². The van der Waals surface area contributed by atoms with E-state index in [1.807, 2.05) is 27.7 Å². The second kappa shape index (κ2) is 7.30. The van der Waals surface area contributed by atoms with E-state index in [-0.39, 0.29) is 6.09 Å². The van der Waals surface area contributed by atoms with Crippen molar-refractivity contribution in [1.82, 2.24) is 4.90 Å². The van der Waals surface area contributed by atoms with Gasteiger partial charge in [-0.3, -0.25) is 0 Å². The molecule has 0 aliphatic heterocycles. The number of amides is 1. The molecule has 0 spiro atoms. The minimum Gasteiger partial charge on any atom is -0.444 e. The Bertz CT molecular complexity index is 311. The van der Waals surface area contributed by atoms with Gasteiger partial charge in [0.05, 0.1) is 0 Å². The smallest absolute Gasteiger partial charge is 0.410 e. The Hall–Kier alpha value is -0.770. The van der Waals surface area contributed by atoms with E-state index in [1.54, 1.807) is 4.90 Å². The molecular formula is C16H31NO3. The molecule has 118 valence electrons. The molecule has 0 aromatic heterocycles. The summed E-state index contributed by atoms with van der Waals surface area (Å²) in [6.45, 7) is 11.7. The first-order valence-corrected chi connectivity index (χ1v) is 7.87. The van der Waals surface area contributed by atoms with Crippen LogP contribution in [0.25, 0.3) is 0 Å². The van der Waals surface area contributed by atoms with Gasteiger partial charge in [0.25, 0.3) is 0 Å². The predicted molar refractivity (Wildman–Crippen MR) is 80.6 cm³/mol. The molecule has 1 aliphatic rings.